The summed E-state index contributed by atoms with van der Waals surface area (Å²) in [5.74, 6) is 0.259. The molecule has 1 aliphatic heterocycles. The summed E-state index contributed by atoms with van der Waals surface area (Å²) < 4.78 is 23.5. The number of rotatable bonds is 11. The number of ether oxygens (including phenoxy) is 3. The molecule has 0 amide bonds. The third kappa shape index (κ3) is 6.18. The molecule has 10 nitrogen and oxygen atoms in total. The van der Waals surface area contributed by atoms with E-state index in [2.05, 4.69) is 34.4 Å². The van der Waals surface area contributed by atoms with Gasteiger partial charge >= 0.3 is 5.97 Å². The Morgan fingerprint density at radius 3 is 2.79 bits per heavy atom. The van der Waals surface area contributed by atoms with E-state index in [0.717, 1.165) is 41.4 Å². The first-order valence-corrected chi connectivity index (χ1v) is 13.0. The van der Waals surface area contributed by atoms with Gasteiger partial charge in [0.25, 0.3) is 0 Å². The van der Waals surface area contributed by atoms with E-state index in [1.165, 1.54) is 6.39 Å². The van der Waals surface area contributed by atoms with E-state index >= 15 is 0 Å². The number of fused-ring (bicyclic) bond motifs is 1. The molecule has 1 fully saturated rings. The molecule has 4 aromatic rings. The molecule has 0 saturated carbocycles. The molecule has 10 heteroatoms. The summed E-state index contributed by atoms with van der Waals surface area (Å²) in [6, 6.07) is 13.0. The van der Waals surface area contributed by atoms with Gasteiger partial charge in [-0.1, -0.05) is 0 Å². The zero-order valence-electron chi connectivity index (χ0n) is 22.4. The number of hydrogen-bond donors (Lipinski definition) is 4. The number of H-pyrrole nitrogens is 1. The summed E-state index contributed by atoms with van der Waals surface area (Å²) in [5, 5.41) is 17.3. The highest BCUT2D eigenvalue weighted by atomic mass is 16.5. The molecule has 206 valence electrons. The zero-order chi connectivity index (χ0) is 27.5. The predicted molar refractivity (Wildman–Crippen MR) is 147 cm³/mol. The monoisotopic (exact) mass is 534 g/mol. The number of benzene rings is 2. The van der Waals surface area contributed by atoms with Gasteiger partial charge in [0.1, 0.15) is 17.2 Å². The van der Waals surface area contributed by atoms with Crippen molar-refractivity contribution in [1.29, 1.82) is 0 Å². The Balaban J connectivity index is 1.25. The maximum Gasteiger partial charge on any atom is 0.352 e. The number of oxazole rings is 1. The van der Waals surface area contributed by atoms with E-state index in [9.17, 15) is 9.90 Å². The molecule has 5 rings (SSSR count). The van der Waals surface area contributed by atoms with Crippen LogP contribution in [-0.2, 0) is 4.74 Å². The van der Waals surface area contributed by atoms with Crippen LogP contribution in [0, 0.1) is 0 Å². The lowest BCUT2D eigenvalue weighted by molar-refractivity contribution is -0.0971. The summed E-state index contributed by atoms with van der Waals surface area (Å²) >= 11 is 0. The topological polar surface area (TPSA) is 131 Å². The normalized spacial score (nSPS) is 17.7. The number of carboxylic acids is 1. The van der Waals surface area contributed by atoms with Crippen LogP contribution in [0.15, 0.2) is 59.5 Å². The second kappa shape index (κ2) is 11.0. The number of carboxylic acid groups (broad SMARTS) is 1. The van der Waals surface area contributed by atoms with E-state index in [-0.39, 0.29) is 11.2 Å². The standard InChI is InChI=1S/C29H34N4O6/c1-28(2,11-13-37-21-7-9-23-19(14-21)15-24(31-23)27(34)35)33-29(10-4-5-12-39-29)32-20-6-8-22(25(16-20)36-3)26-17-30-18-38-26/h6-9,14-18,31-33H,4-5,10-13H2,1-3H3,(H,34,35). The smallest absolute Gasteiger partial charge is 0.352 e. The fourth-order valence-corrected chi connectivity index (χ4v) is 4.93. The third-order valence-corrected chi connectivity index (χ3v) is 6.88. The highest BCUT2D eigenvalue weighted by molar-refractivity contribution is 5.94. The molecule has 3 heterocycles. The summed E-state index contributed by atoms with van der Waals surface area (Å²) in [6.45, 7) is 5.37. The maximum atomic E-state index is 11.2. The van der Waals surface area contributed by atoms with E-state index in [0.29, 0.717) is 36.9 Å². The van der Waals surface area contributed by atoms with E-state index in [1.54, 1.807) is 19.4 Å². The number of aromatic nitrogens is 2. The molecule has 1 unspecified atom stereocenters. The molecule has 4 N–H and O–H groups in total. The number of nitrogens with zero attached hydrogens (tertiary/aromatic N) is 1. The molecule has 2 aromatic carbocycles. The Morgan fingerprint density at radius 2 is 2.08 bits per heavy atom. The van der Waals surface area contributed by atoms with Crippen molar-refractivity contribution in [3.8, 4) is 22.8 Å². The molecule has 1 saturated heterocycles. The third-order valence-electron chi connectivity index (χ3n) is 6.88. The number of hydrogen-bond acceptors (Lipinski definition) is 8. The summed E-state index contributed by atoms with van der Waals surface area (Å²) in [7, 11) is 1.63. The number of aromatic carboxylic acids is 1. The molecule has 0 spiro atoms. The number of nitrogens with one attached hydrogen (secondary N) is 3. The van der Waals surface area contributed by atoms with Crippen LogP contribution >= 0.6 is 0 Å². The largest absolute Gasteiger partial charge is 0.496 e. The lowest BCUT2D eigenvalue weighted by atomic mass is 9.98. The van der Waals surface area contributed by atoms with Gasteiger partial charge in [0.05, 0.1) is 32.1 Å². The van der Waals surface area contributed by atoms with Crippen LogP contribution in [0.3, 0.4) is 0 Å². The van der Waals surface area contributed by atoms with Gasteiger partial charge in [-0.05, 0) is 69.5 Å². The van der Waals surface area contributed by atoms with Gasteiger partial charge in [-0.2, -0.15) is 0 Å². The maximum absolute atomic E-state index is 11.2. The van der Waals surface area contributed by atoms with Gasteiger partial charge in [0.15, 0.2) is 18.0 Å². The van der Waals surface area contributed by atoms with E-state index in [4.69, 9.17) is 18.6 Å². The van der Waals surface area contributed by atoms with Gasteiger partial charge in [-0.3, -0.25) is 5.32 Å². The summed E-state index contributed by atoms with van der Waals surface area (Å²) in [4.78, 5) is 18.1. The van der Waals surface area contributed by atoms with Gasteiger partial charge in [-0.25, -0.2) is 9.78 Å². The fraction of sp³-hybridized carbons (Fsp3) is 0.379. The second-order valence-electron chi connectivity index (χ2n) is 10.4. The van der Waals surface area contributed by atoms with Crippen molar-refractivity contribution in [2.45, 2.75) is 50.9 Å². The van der Waals surface area contributed by atoms with Gasteiger partial charge < -0.3 is 34.0 Å². The fourth-order valence-electron chi connectivity index (χ4n) is 4.93. The van der Waals surface area contributed by atoms with Crippen molar-refractivity contribution in [2.24, 2.45) is 0 Å². The highest BCUT2D eigenvalue weighted by Crippen LogP contribution is 2.35. The van der Waals surface area contributed by atoms with Crippen LogP contribution < -0.4 is 20.1 Å². The minimum atomic E-state index is -0.988. The molecular weight excluding hydrogens is 500 g/mol. The number of anilines is 1. The average molecular weight is 535 g/mol. The SMILES string of the molecule is COc1cc(NC2(NC(C)(C)CCOc3ccc4[nH]c(C(=O)O)cc4c3)CCCCO2)ccc1-c1cnco1. The number of aromatic amines is 1. The molecule has 0 bridgehead atoms. The Hall–Kier alpha value is -4.02. The van der Waals surface area contributed by atoms with E-state index in [1.807, 2.05) is 36.4 Å². The predicted octanol–water partition coefficient (Wildman–Crippen LogP) is 5.63. The van der Waals surface area contributed by atoms with Crippen LogP contribution in [0.4, 0.5) is 5.69 Å². The van der Waals surface area contributed by atoms with Crippen LogP contribution in [0.2, 0.25) is 0 Å². The van der Waals surface area contributed by atoms with Crippen LogP contribution in [0.5, 0.6) is 11.5 Å². The molecule has 1 aliphatic rings. The Morgan fingerprint density at radius 1 is 1.21 bits per heavy atom. The summed E-state index contributed by atoms with van der Waals surface area (Å²) in [5.41, 5.74) is 2.26. The van der Waals surface area contributed by atoms with Crippen molar-refractivity contribution in [3.63, 3.8) is 0 Å². The lowest BCUT2D eigenvalue weighted by Gasteiger charge is -2.44. The summed E-state index contributed by atoms with van der Waals surface area (Å²) in [6.07, 6.45) is 6.59. The van der Waals surface area contributed by atoms with Crippen molar-refractivity contribution < 1.29 is 28.5 Å². The average Bonchev–Trinajstić information content (AvgIpc) is 3.59. The Kier molecular flexibility index (Phi) is 7.49. The first-order chi connectivity index (χ1) is 18.8. The van der Waals surface area contributed by atoms with Crippen molar-refractivity contribution in [3.05, 3.63) is 60.7 Å². The van der Waals surface area contributed by atoms with Crippen LogP contribution in [0.1, 0.15) is 50.0 Å². The van der Waals surface area contributed by atoms with Gasteiger partial charge in [0, 0.05) is 34.6 Å². The number of carbonyl (C=O) groups is 1. The van der Waals surface area contributed by atoms with Crippen molar-refractivity contribution in [1.82, 2.24) is 15.3 Å². The van der Waals surface area contributed by atoms with Crippen molar-refractivity contribution in [2.75, 3.05) is 25.6 Å². The molecular formula is C29H34N4O6. The first kappa shape index (κ1) is 26.6. The minimum Gasteiger partial charge on any atom is -0.496 e. The minimum absolute atomic E-state index is 0.156. The molecule has 39 heavy (non-hydrogen) atoms. The lowest BCUT2D eigenvalue weighted by Crippen LogP contribution is -2.62. The first-order valence-electron chi connectivity index (χ1n) is 13.0. The van der Waals surface area contributed by atoms with Crippen LogP contribution in [0.25, 0.3) is 22.2 Å². The quantitative estimate of drug-likeness (QED) is 0.181. The highest BCUT2D eigenvalue weighted by Gasteiger charge is 2.38. The van der Waals surface area contributed by atoms with E-state index < -0.39 is 11.8 Å². The number of methoxy groups -OCH3 is 1. The molecule has 2 aromatic heterocycles. The Labute approximate surface area is 226 Å². The van der Waals surface area contributed by atoms with Gasteiger partial charge in [-0.15, -0.1) is 0 Å². The molecule has 1 atom stereocenters. The Bertz CT molecular complexity index is 1420. The van der Waals surface area contributed by atoms with Gasteiger partial charge in [0.2, 0.25) is 0 Å². The van der Waals surface area contributed by atoms with Crippen LogP contribution in [-0.4, -0.2) is 52.8 Å². The molecule has 0 radical (unpaired) electrons. The zero-order valence-corrected chi connectivity index (χ0v) is 22.4. The van der Waals surface area contributed by atoms with Crippen molar-refractivity contribution >= 4 is 22.6 Å². The molecule has 0 aliphatic carbocycles. The second-order valence-corrected chi connectivity index (χ2v) is 10.4.